The maximum atomic E-state index is 12.6. The second-order valence-electron chi connectivity index (χ2n) is 9.72. The summed E-state index contributed by atoms with van der Waals surface area (Å²) in [4.78, 5) is 27.0. The number of carbonyl (C=O) groups is 1. The van der Waals surface area contributed by atoms with Gasteiger partial charge >= 0.3 is 0 Å². The van der Waals surface area contributed by atoms with E-state index in [9.17, 15) is 4.79 Å². The highest BCUT2D eigenvalue weighted by molar-refractivity contribution is 5.76. The van der Waals surface area contributed by atoms with Crippen LogP contribution in [0.2, 0.25) is 0 Å². The summed E-state index contributed by atoms with van der Waals surface area (Å²) in [6.07, 6.45) is 1.33. The summed E-state index contributed by atoms with van der Waals surface area (Å²) in [6, 6.07) is 18.7. The lowest BCUT2D eigenvalue weighted by atomic mass is 10.0. The van der Waals surface area contributed by atoms with Gasteiger partial charge in [-0.1, -0.05) is 74.0 Å². The molecule has 2 aromatic carbocycles. The summed E-state index contributed by atoms with van der Waals surface area (Å²) in [7, 11) is 1.71. The first-order chi connectivity index (χ1) is 16.9. The molecule has 1 fully saturated rings. The first-order valence-corrected chi connectivity index (χ1v) is 12.5. The lowest BCUT2D eigenvalue weighted by Gasteiger charge is -2.37. The number of benzene rings is 2. The molecule has 0 radical (unpaired) electrons. The largest absolute Gasteiger partial charge is 0.378 e. The van der Waals surface area contributed by atoms with Crippen LogP contribution in [0.15, 0.2) is 54.6 Å². The minimum Gasteiger partial charge on any atom is -0.378 e. The van der Waals surface area contributed by atoms with Crippen LogP contribution in [0.5, 0.6) is 0 Å². The molecule has 184 valence electrons. The van der Waals surface area contributed by atoms with E-state index in [1.165, 1.54) is 11.1 Å². The average molecular weight is 473 g/mol. The number of rotatable bonds is 8. The number of amides is 1. The summed E-state index contributed by atoms with van der Waals surface area (Å²) >= 11 is 0. The van der Waals surface area contributed by atoms with Gasteiger partial charge in [0, 0.05) is 57.3 Å². The lowest BCUT2D eigenvalue weighted by Crippen LogP contribution is -2.49. The Labute approximate surface area is 209 Å². The summed E-state index contributed by atoms with van der Waals surface area (Å²) in [5.74, 6) is 2.27. The normalized spacial score (nSPS) is 14.0. The maximum absolute atomic E-state index is 12.6. The predicted octanol–water partition coefficient (Wildman–Crippen LogP) is 4.88. The van der Waals surface area contributed by atoms with Gasteiger partial charge in [0.2, 0.25) is 5.91 Å². The Morgan fingerprint density at radius 1 is 0.971 bits per heavy atom. The third-order valence-corrected chi connectivity index (χ3v) is 6.40. The second kappa shape index (κ2) is 11.5. The highest BCUT2D eigenvalue weighted by atomic mass is 16.5. The van der Waals surface area contributed by atoms with Gasteiger partial charge in [-0.05, 0) is 18.4 Å². The van der Waals surface area contributed by atoms with Crippen LogP contribution >= 0.6 is 0 Å². The van der Waals surface area contributed by atoms with E-state index >= 15 is 0 Å². The molecule has 1 aromatic heterocycles. The molecule has 0 atom stereocenters. The minimum atomic E-state index is 0.243. The number of hydrogen-bond acceptors (Lipinski definition) is 5. The molecule has 35 heavy (non-hydrogen) atoms. The number of anilines is 1. The molecule has 0 aliphatic carbocycles. The molecule has 6 nitrogen and oxygen atoms in total. The van der Waals surface area contributed by atoms with E-state index in [1.54, 1.807) is 7.11 Å². The lowest BCUT2D eigenvalue weighted by molar-refractivity contribution is -0.132. The Balaban J connectivity index is 1.70. The van der Waals surface area contributed by atoms with Gasteiger partial charge in [0.25, 0.3) is 0 Å². The fourth-order valence-corrected chi connectivity index (χ4v) is 4.49. The summed E-state index contributed by atoms with van der Waals surface area (Å²) < 4.78 is 5.58. The predicted molar refractivity (Wildman–Crippen MR) is 140 cm³/mol. The van der Waals surface area contributed by atoms with E-state index in [0.29, 0.717) is 37.9 Å². The van der Waals surface area contributed by atoms with Crippen LogP contribution in [0.1, 0.15) is 42.7 Å². The van der Waals surface area contributed by atoms with Crippen molar-refractivity contribution in [1.82, 2.24) is 14.9 Å². The third-order valence-electron chi connectivity index (χ3n) is 6.40. The van der Waals surface area contributed by atoms with E-state index in [4.69, 9.17) is 14.7 Å². The quantitative estimate of drug-likeness (QED) is 0.468. The highest BCUT2D eigenvalue weighted by Gasteiger charge is 2.26. The van der Waals surface area contributed by atoms with Crippen molar-refractivity contribution < 1.29 is 9.53 Å². The zero-order valence-electron chi connectivity index (χ0n) is 21.3. The minimum absolute atomic E-state index is 0.243. The monoisotopic (exact) mass is 472 g/mol. The van der Waals surface area contributed by atoms with Crippen molar-refractivity contribution in [2.45, 2.75) is 40.2 Å². The topological polar surface area (TPSA) is 58.6 Å². The van der Waals surface area contributed by atoms with Crippen LogP contribution in [0.3, 0.4) is 0 Å². The number of aryl methyl sites for hydroxylation is 1. The number of methoxy groups -OCH3 is 1. The number of aromatic nitrogens is 2. The molecule has 0 saturated carbocycles. The summed E-state index contributed by atoms with van der Waals surface area (Å²) in [5.41, 5.74) is 5.45. The SMILES string of the molecule is COCc1nc(-c2ccccc2)nc(N2CCN(C(=O)CC(C)C)CC2)c1Cc1ccc(C)cc1. The van der Waals surface area contributed by atoms with Crippen molar-refractivity contribution in [3.63, 3.8) is 0 Å². The molecular weight excluding hydrogens is 436 g/mol. The second-order valence-corrected chi connectivity index (χ2v) is 9.72. The van der Waals surface area contributed by atoms with Gasteiger partial charge in [0.1, 0.15) is 5.82 Å². The molecule has 0 unspecified atom stereocenters. The van der Waals surface area contributed by atoms with Crippen molar-refractivity contribution in [3.05, 3.63) is 77.0 Å². The van der Waals surface area contributed by atoms with E-state index in [0.717, 1.165) is 42.1 Å². The van der Waals surface area contributed by atoms with E-state index in [-0.39, 0.29) is 5.91 Å². The molecule has 2 heterocycles. The van der Waals surface area contributed by atoms with Crippen LogP contribution in [0.4, 0.5) is 5.82 Å². The van der Waals surface area contributed by atoms with Gasteiger partial charge in [-0.15, -0.1) is 0 Å². The Morgan fingerprint density at radius 2 is 1.66 bits per heavy atom. The van der Waals surface area contributed by atoms with Gasteiger partial charge < -0.3 is 14.5 Å². The zero-order chi connectivity index (χ0) is 24.8. The Bertz CT molecular complexity index is 1120. The van der Waals surface area contributed by atoms with Crippen molar-refractivity contribution in [2.75, 3.05) is 38.2 Å². The summed E-state index contributed by atoms with van der Waals surface area (Å²) in [5, 5.41) is 0. The molecule has 1 aliphatic heterocycles. The van der Waals surface area contributed by atoms with Crippen LogP contribution in [0, 0.1) is 12.8 Å². The molecule has 1 aliphatic rings. The number of ether oxygens (including phenoxy) is 1. The number of carbonyl (C=O) groups excluding carboxylic acids is 1. The van der Waals surface area contributed by atoms with Crippen LogP contribution < -0.4 is 4.90 Å². The first kappa shape index (κ1) is 24.9. The Morgan fingerprint density at radius 3 is 2.29 bits per heavy atom. The van der Waals surface area contributed by atoms with Crippen molar-refractivity contribution in [1.29, 1.82) is 0 Å². The molecule has 6 heteroatoms. The fraction of sp³-hybridized carbons (Fsp3) is 0.414. The van der Waals surface area contributed by atoms with Gasteiger partial charge in [0.05, 0.1) is 12.3 Å². The van der Waals surface area contributed by atoms with Crippen molar-refractivity contribution in [3.8, 4) is 11.4 Å². The van der Waals surface area contributed by atoms with Gasteiger partial charge in [0.15, 0.2) is 5.82 Å². The average Bonchev–Trinajstić information content (AvgIpc) is 2.86. The smallest absolute Gasteiger partial charge is 0.222 e. The molecule has 0 bridgehead atoms. The van der Waals surface area contributed by atoms with Crippen LogP contribution in [-0.4, -0.2) is 54.1 Å². The summed E-state index contributed by atoms with van der Waals surface area (Å²) in [6.45, 7) is 9.63. The first-order valence-electron chi connectivity index (χ1n) is 12.5. The number of piperazine rings is 1. The molecule has 0 N–H and O–H groups in total. The Hall–Kier alpha value is -3.25. The van der Waals surface area contributed by atoms with Crippen molar-refractivity contribution in [2.24, 2.45) is 5.92 Å². The van der Waals surface area contributed by atoms with Gasteiger partial charge in [-0.3, -0.25) is 4.79 Å². The maximum Gasteiger partial charge on any atom is 0.222 e. The Kier molecular flexibility index (Phi) is 8.13. The molecule has 3 aromatic rings. The van der Waals surface area contributed by atoms with E-state index < -0.39 is 0 Å². The molecule has 1 amide bonds. The molecular formula is C29H36N4O2. The third kappa shape index (κ3) is 6.25. The number of hydrogen-bond donors (Lipinski definition) is 0. The van der Waals surface area contributed by atoms with E-state index in [2.05, 4.69) is 49.9 Å². The molecule has 0 spiro atoms. The van der Waals surface area contributed by atoms with Crippen LogP contribution in [-0.2, 0) is 22.6 Å². The van der Waals surface area contributed by atoms with E-state index in [1.807, 2.05) is 35.2 Å². The molecule has 4 rings (SSSR count). The zero-order valence-corrected chi connectivity index (χ0v) is 21.3. The van der Waals surface area contributed by atoms with Gasteiger partial charge in [-0.25, -0.2) is 9.97 Å². The van der Waals surface area contributed by atoms with Crippen molar-refractivity contribution >= 4 is 11.7 Å². The standard InChI is InChI=1S/C29H36N4O2/c1-21(2)18-27(34)32-14-16-33(17-15-32)29-25(19-23-12-10-22(3)11-13-23)26(20-35-4)30-28(31-29)24-8-6-5-7-9-24/h5-13,21H,14-20H2,1-4H3. The highest BCUT2D eigenvalue weighted by Crippen LogP contribution is 2.29. The van der Waals surface area contributed by atoms with Crippen LogP contribution in [0.25, 0.3) is 11.4 Å². The number of nitrogens with zero attached hydrogens (tertiary/aromatic N) is 4. The fourth-order valence-electron chi connectivity index (χ4n) is 4.49. The van der Waals surface area contributed by atoms with Gasteiger partial charge in [-0.2, -0.15) is 0 Å². The molecule has 1 saturated heterocycles.